The largest absolute Gasteiger partial charge is 0.325 e. The number of fused-ring (bicyclic) bond motifs is 1. The lowest BCUT2D eigenvalue weighted by Gasteiger charge is -2.11. The van der Waals surface area contributed by atoms with E-state index in [-0.39, 0.29) is 0 Å². The van der Waals surface area contributed by atoms with Crippen molar-refractivity contribution in [2.24, 2.45) is 7.05 Å². The van der Waals surface area contributed by atoms with E-state index in [1.165, 1.54) is 5.57 Å². The standard InChI is InChI=1S/C17H17N5/c1-3-12-4-5-14(8-12)22-7-6-15-16(18-11-19-17(15)22)13-9-20-21(2)10-13/h3,6-11,14H,1,4-5H2,2H3. The maximum Gasteiger partial charge on any atom is 0.144 e. The van der Waals surface area contributed by atoms with Crippen LogP contribution >= 0.6 is 0 Å². The van der Waals surface area contributed by atoms with Gasteiger partial charge in [0.1, 0.15) is 12.0 Å². The number of hydrogen-bond acceptors (Lipinski definition) is 3. The molecule has 1 unspecified atom stereocenters. The second-order valence-electron chi connectivity index (χ2n) is 5.64. The van der Waals surface area contributed by atoms with Gasteiger partial charge in [-0.1, -0.05) is 24.3 Å². The molecule has 0 spiro atoms. The molecule has 3 aromatic rings. The summed E-state index contributed by atoms with van der Waals surface area (Å²) in [5, 5.41) is 5.30. The minimum atomic E-state index is 0.349. The van der Waals surface area contributed by atoms with E-state index in [9.17, 15) is 0 Å². The van der Waals surface area contributed by atoms with Crippen molar-refractivity contribution in [3.05, 3.63) is 55.3 Å². The molecule has 1 aliphatic rings. The predicted octanol–water partition coefficient (Wildman–Crippen LogP) is 3.28. The van der Waals surface area contributed by atoms with E-state index in [1.807, 2.05) is 25.5 Å². The summed E-state index contributed by atoms with van der Waals surface area (Å²) in [6, 6.07) is 2.44. The van der Waals surface area contributed by atoms with Gasteiger partial charge in [0.05, 0.1) is 17.9 Å². The molecule has 1 atom stereocenters. The Morgan fingerprint density at radius 1 is 1.36 bits per heavy atom. The fourth-order valence-corrected chi connectivity index (χ4v) is 3.13. The molecule has 0 aliphatic heterocycles. The van der Waals surface area contributed by atoms with Gasteiger partial charge in [0.2, 0.25) is 0 Å². The summed E-state index contributed by atoms with van der Waals surface area (Å²) in [6.45, 7) is 3.86. The fraction of sp³-hybridized carbons (Fsp3) is 0.235. The Morgan fingerprint density at radius 2 is 2.27 bits per heavy atom. The van der Waals surface area contributed by atoms with E-state index in [1.54, 1.807) is 11.0 Å². The van der Waals surface area contributed by atoms with Crippen LogP contribution in [0.5, 0.6) is 0 Å². The minimum absolute atomic E-state index is 0.349. The lowest BCUT2D eigenvalue weighted by molar-refractivity contribution is 0.605. The average molecular weight is 291 g/mol. The second-order valence-corrected chi connectivity index (χ2v) is 5.64. The van der Waals surface area contributed by atoms with E-state index < -0.39 is 0 Å². The molecule has 0 saturated carbocycles. The van der Waals surface area contributed by atoms with E-state index in [4.69, 9.17) is 0 Å². The molecule has 0 N–H and O–H groups in total. The predicted molar refractivity (Wildman–Crippen MR) is 86.3 cm³/mol. The van der Waals surface area contributed by atoms with Gasteiger partial charge in [0, 0.05) is 30.4 Å². The molecule has 110 valence electrons. The Hall–Kier alpha value is -2.69. The molecule has 0 aromatic carbocycles. The first kappa shape index (κ1) is 13.0. The van der Waals surface area contributed by atoms with Crippen molar-refractivity contribution in [3.8, 4) is 11.3 Å². The second kappa shape index (κ2) is 4.94. The highest BCUT2D eigenvalue weighted by Crippen LogP contribution is 2.33. The van der Waals surface area contributed by atoms with Crippen molar-refractivity contribution in [3.63, 3.8) is 0 Å². The third kappa shape index (κ3) is 1.97. The Morgan fingerprint density at radius 3 is 3.00 bits per heavy atom. The molecular formula is C17H17N5. The average Bonchev–Trinajstić information content (AvgIpc) is 3.24. The van der Waals surface area contributed by atoms with E-state index in [0.29, 0.717) is 6.04 Å². The molecule has 22 heavy (non-hydrogen) atoms. The third-order valence-corrected chi connectivity index (χ3v) is 4.24. The Kier molecular flexibility index (Phi) is 2.92. The molecule has 0 saturated heterocycles. The monoisotopic (exact) mass is 291 g/mol. The smallest absolute Gasteiger partial charge is 0.144 e. The molecule has 4 rings (SSSR count). The summed E-state index contributed by atoms with van der Waals surface area (Å²) >= 11 is 0. The van der Waals surface area contributed by atoms with Crippen LogP contribution in [-0.2, 0) is 7.05 Å². The Bertz CT molecular complexity index is 883. The first-order valence-corrected chi connectivity index (χ1v) is 7.40. The molecule has 0 bridgehead atoms. The lowest BCUT2D eigenvalue weighted by Crippen LogP contribution is -2.03. The SMILES string of the molecule is C=CC1=CC(n2ccc3c(-c4cnn(C)c4)ncnc32)CC1. The quantitative estimate of drug-likeness (QED) is 0.744. The Labute approximate surface area is 128 Å². The van der Waals surface area contributed by atoms with Crippen LogP contribution in [0.1, 0.15) is 18.9 Å². The Balaban J connectivity index is 1.84. The molecule has 3 aromatic heterocycles. The zero-order valence-corrected chi connectivity index (χ0v) is 12.5. The van der Waals surface area contributed by atoms with Gasteiger partial charge in [-0.2, -0.15) is 5.10 Å². The third-order valence-electron chi connectivity index (χ3n) is 4.24. The molecule has 0 radical (unpaired) electrons. The summed E-state index contributed by atoms with van der Waals surface area (Å²) in [6.07, 6.45) is 13.9. The summed E-state index contributed by atoms with van der Waals surface area (Å²) in [5.74, 6) is 0. The highest BCUT2D eigenvalue weighted by atomic mass is 15.2. The summed E-state index contributed by atoms with van der Waals surface area (Å²) < 4.78 is 4.02. The molecule has 1 aliphatic carbocycles. The number of rotatable bonds is 3. The zero-order valence-electron chi connectivity index (χ0n) is 12.5. The first-order chi connectivity index (χ1) is 10.8. The van der Waals surface area contributed by atoms with Crippen LogP contribution in [0, 0.1) is 0 Å². The van der Waals surface area contributed by atoms with Crippen LogP contribution in [-0.4, -0.2) is 24.3 Å². The number of aromatic nitrogens is 5. The molecule has 3 heterocycles. The van der Waals surface area contributed by atoms with Gasteiger partial charge in [-0.05, 0) is 18.9 Å². The van der Waals surface area contributed by atoms with Gasteiger partial charge in [0.15, 0.2) is 0 Å². The number of nitrogens with zero attached hydrogens (tertiary/aromatic N) is 5. The van der Waals surface area contributed by atoms with Crippen LogP contribution in [0.15, 0.2) is 55.3 Å². The van der Waals surface area contributed by atoms with Gasteiger partial charge >= 0.3 is 0 Å². The van der Waals surface area contributed by atoms with Crippen molar-refractivity contribution in [2.75, 3.05) is 0 Å². The van der Waals surface area contributed by atoms with Crippen molar-refractivity contribution >= 4 is 11.0 Å². The van der Waals surface area contributed by atoms with Crippen molar-refractivity contribution in [1.29, 1.82) is 0 Å². The lowest BCUT2D eigenvalue weighted by atomic mass is 10.2. The molecular weight excluding hydrogens is 274 g/mol. The number of allylic oxidation sites excluding steroid dienone is 3. The topological polar surface area (TPSA) is 48.5 Å². The van der Waals surface area contributed by atoms with Gasteiger partial charge < -0.3 is 4.57 Å². The van der Waals surface area contributed by atoms with Crippen molar-refractivity contribution in [1.82, 2.24) is 24.3 Å². The summed E-state index contributed by atoms with van der Waals surface area (Å²) in [7, 11) is 1.91. The fourth-order valence-electron chi connectivity index (χ4n) is 3.13. The number of hydrogen-bond donors (Lipinski definition) is 0. The molecule has 0 amide bonds. The van der Waals surface area contributed by atoms with Crippen molar-refractivity contribution in [2.45, 2.75) is 18.9 Å². The first-order valence-electron chi connectivity index (χ1n) is 7.40. The summed E-state index contributed by atoms with van der Waals surface area (Å²) in [4.78, 5) is 8.95. The van der Waals surface area contributed by atoms with Gasteiger partial charge in [-0.3, -0.25) is 4.68 Å². The maximum absolute atomic E-state index is 4.50. The van der Waals surface area contributed by atoms with Crippen molar-refractivity contribution < 1.29 is 0 Å². The number of aryl methyl sites for hydroxylation is 1. The van der Waals surface area contributed by atoms with Gasteiger partial charge in [0.25, 0.3) is 0 Å². The molecule has 5 nitrogen and oxygen atoms in total. The maximum atomic E-state index is 4.50. The highest BCUT2D eigenvalue weighted by Gasteiger charge is 2.19. The van der Waals surface area contributed by atoms with Crippen LogP contribution in [0.2, 0.25) is 0 Å². The molecule has 0 fully saturated rings. The van der Waals surface area contributed by atoms with E-state index in [0.717, 1.165) is 35.1 Å². The summed E-state index contributed by atoms with van der Waals surface area (Å²) in [5.41, 5.74) is 4.23. The van der Waals surface area contributed by atoms with Crippen LogP contribution in [0.3, 0.4) is 0 Å². The van der Waals surface area contributed by atoms with Crippen LogP contribution in [0.25, 0.3) is 22.3 Å². The molecule has 5 heteroatoms. The zero-order chi connectivity index (χ0) is 15.1. The van der Waals surface area contributed by atoms with Gasteiger partial charge in [-0.25, -0.2) is 9.97 Å². The van der Waals surface area contributed by atoms with E-state index in [2.05, 4.69) is 44.6 Å². The minimum Gasteiger partial charge on any atom is -0.325 e. The van der Waals surface area contributed by atoms with Crippen LogP contribution < -0.4 is 0 Å². The van der Waals surface area contributed by atoms with E-state index >= 15 is 0 Å². The van der Waals surface area contributed by atoms with Gasteiger partial charge in [-0.15, -0.1) is 0 Å². The van der Waals surface area contributed by atoms with Crippen LogP contribution in [0.4, 0.5) is 0 Å². The highest BCUT2D eigenvalue weighted by molar-refractivity contribution is 5.90. The normalized spacial score (nSPS) is 17.9.